The van der Waals surface area contributed by atoms with E-state index in [0.717, 1.165) is 37.3 Å². The summed E-state index contributed by atoms with van der Waals surface area (Å²) < 4.78 is 0. The molecule has 2 aliphatic rings. The van der Waals surface area contributed by atoms with Crippen molar-refractivity contribution in [1.82, 2.24) is 9.80 Å². The van der Waals surface area contributed by atoms with Gasteiger partial charge in [0.1, 0.15) is 11.5 Å². The molecule has 0 atom stereocenters. The van der Waals surface area contributed by atoms with Crippen molar-refractivity contribution in [2.75, 3.05) is 31.1 Å². The summed E-state index contributed by atoms with van der Waals surface area (Å²) in [4.78, 5) is 19.4. The Labute approximate surface area is 185 Å². The summed E-state index contributed by atoms with van der Waals surface area (Å²) in [5, 5.41) is 20.1. The Hall–Kier alpha value is -2.73. The fraction of sp³-hybridized carbons (Fsp3) is 0.480. The van der Waals surface area contributed by atoms with E-state index in [-0.39, 0.29) is 28.9 Å². The SMILES string of the molecule is C=C(C(=O)N1Cc2ccc(N3CCN(C(C)C)CC3)cc2C1)/C(O)=C\C(O)=C\C(C)C. The Balaban J connectivity index is 1.65. The van der Waals surface area contributed by atoms with Gasteiger partial charge in [-0.3, -0.25) is 9.69 Å². The van der Waals surface area contributed by atoms with Crippen molar-refractivity contribution >= 4 is 11.6 Å². The van der Waals surface area contributed by atoms with Crippen LogP contribution in [0.4, 0.5) is 5.69 Å². The Morgan fingerprint density at radius 1 is 1.03 bits per heavy atom. The molecule has 2 aliphatic heterocycles. The number of hydrogen-bond donors (Lipinski definition) is 2. The van der Waals surface area contributed by atoms with E-state index in [1.807, 2.05) is 13.8 Å². The molecule has 0 spiro atoms. The molecule has 0 bridgehead atoms. The van der Waals surface area contributed by atoms with E-state index < -0.39 is 0 Å². The number of piperazine rings is 1. The number of anilines is 1. The van der Waals surface area contributed by atoms with E-state index in [4.69, 9.17) is 0 Å². The van der Waals surface area contributed by atoms with Crippen LogP contribution in [0.1, 0.15) is 38.8 Å². The second-order valence-electron chi connectivity index (χ2n) is 9.07. The van der Waals surface area contributed by atoms with Gasteiger partial charge in [0, 0.05) is 57.1 Å². The first kappa shape index (κ1) is 22.9. The summed E-state index contributed by atoms with van der Waals surface area (Å²) in [6.45, 7) is 17.2. The number of aliphatic hydroxyl groups excluding tert-OH is 2. The molecular weight excluding hydrogens is 390 g/mol. The molecule has 6 nitrogen and oxygen atoms in total. The number of allylic oxidation sites excluding steroid dienone is 2. The zero-order chi connectivity index (χ0) is 22.7. The van der Waals surface area contributed by atoms with Crippen molar-refractivity contribution in [2.45, 2.75) is 46.8 Å². The summed E-state index contributed by atoms with van der Waals surface area (Å²) in [7, 11) is 0. The minimum atomic E-state index is -0.325. The number of rotatable bonds is 6. The number of fused-ring (bicyclic) bond motifs is 1. The molecule has 0 aliphatic carbocycles. The summed E-state index contributed by atoms with van der Waals surface area (Å²) in [6, 6.07) is 6.99. The number of benzene rings is 1. The third-order valence-corrected chi connectivity index (χ3v) is 5.97. The standard InChI is InChI=1S/C25H35N3O3/c1-17(2)12-23(29)14-24(30)19(5)25(31)28-15-20-6-7-22(13-21(20)16-28)27-10-8-26(9-11-27)18(3)4/h6-7,12-14,17-18,29-30H,5,8-11,15-16H2,1-4H3/b23-12-,24-14+. The predicted molar refractivity (Wildman–Crippen MR) is 125 cm³/mol. The van der Waals surface area contributed by atoms with Crippen LogP contribution in [-0.2, 0) is 17.9 Å². The minimum Gasteiger partial charge on any atom is -0.508 e. The molecule has 6 heteroatoms. The number of nitrogens with zero attached hydrogens (tertiary/aromatic N) is 3. The van der Waals surface area contributed by atoms with Crippen molar-refractivity contribution < 1.29 is 15.0 Å². The van der Waals surface area contributed by atoms with Gasteiger partial charge in [-0.2, -0.15) is 0 Å². The van der Waals surface area contributed by atoms with Crippen molar-refractivity contribution in [2.24, 2.45) is 5.92 Å². The predicted octanol–water partition coefficient (Wildman–Crippen LogP) is 4.16. The molecule has 0 saturated carbocycles. The molecular formula is C25H35N3O3. The Kier molecular flexibility index (Phi) is 7.11. The van der Waals surface area contributed by atoms with Gasteiger partial charge >= 0.3 is 0 Å². The van der Waals surface area contributed by atoms with E-state index in [1.54, 1.807) is 11.0 Å². The fourth-order valence-electron chi connectivity index (χ4n) is 4.13. The summed E-state index contributed by atoms with van der Waals surface area (Å²) in [5.41, 5.74) is 3.44. The van der Waals surface area contributed by atoms with Crippen molar-refractivity contribution in [3.8, 4) is 0 Å². The van der Waals surface area contributed by atoms with Gasteiger partial charge in [-0.15, -0.1) is 0 Å². The Bertz CT molecular complexity index is 893. The summed E-state index contributed by atoms with van der Waals surface area (Å²) in [5.74, 6) is -0.578. The molecule has 2 heterocycles. The van der Waals surface area contributed by atoms with Crippen LogP contribution in [0.25, 0.3) is 0 Å². The van der Waals surface area contributed by atoms with Crippen LogP contribution in [0.5, 0.6) is 0 Å². The number of amides is 1. The average molecular weight is 426 g/mol. The van der Waals surface area contributed by atoms with Crippen LogP contribution in [0.15, 0.2) is 54.0 Å². The van der Waals surface area contributed by atoms with Gasteiger partial charge in [-0.1, -0.05) is 26.5 Å². The lowest BCUT2D eigenvalue weighted by Crippen LogP contribution is -2.48. The summed E-state index contributed by atoms with van der Waals surface area (Å²) in [6.07, 6.45) is 2.78. The van der Waals surface area contributed by atoms with Crippen molar-refractivity contribution in [3.05, 3.63) is 65.1 Å². The topological polar surface area (TPSA) is 67.3 Å². The molecule has 1 saturated heterocycles. The summed E-state index contributed by atoms with van der Waals surface area (Å²) >= 11 is 0. The maximum Gasteiger partial charge on any atom is 0.257 e. The normalized spacial score (nSPS) is 18.1. The number of carbonyl (C=O) groups excluding carboxylic acids is 1. The van der Waals surface area contributed by atoms with Crippen LogP contribution in [0.2, 0.25) is 0 Å². The van der Waals surface area contributed by atoms with Gasteiger partial charge in [-0.05, 0) is 49.1 Å². The van der Waals surface area contributed by atoms with E-state index >= 15 is 0 Å². The van der Waals surface area contributed by atoms with E-state index in [2.05, 4.69) is 48.4 Å². The second-order valence-corrected chi connectivity index (χ2v) is 9.07. The van der Waals surface area contributed by atoms with Crippen LogP contribution in [0.3, 0.4) is 0 Å². The van der Waals surface area contributed by atoms with Gasteiger partial charge in [0.2, 0.25) is 0 Å². The molecule has 31 heavy (non-hydrogen) atoms. The molecule has 3 rings (SSSR count). The maximum atomic E-state index is 12.9. The monoisotopic (exact) mass is 425 g/mol. The molecule has 0 aromatic heterocycles. The lowest BCUT2D eigenvalue weighted by Gasteiger charge is -2.38. The highest BCUT2D eigenvalue weighted by atomic mass is 16.3. The third kappa shape index (κ3) is 5.50. The van der Waals surface area contributed by atoms with E-state index in [0.29, 0.717) is 19.1 Å². The molecule has 1 fully saturated rings. The lowest BCUT2D eigenvalue weighted by molar-refractivity contribution is -0.127. The Morgan fingerprint density at radius 3 is 2.29 bits per heavy atom. The quantitative estimate of drug-likeness (QED) is 0.407. The molecule has 2 N–H and O–H groups in total. The largest absolute Gasteiger partial charge is 0.508 e. The zero-order valence-corrected chi connectivity index (χ0v) is 19.1. The minimum absolute atomic E-state index is 0.0125. The average Bonchev–Trinajstić information content (AvgIpc) is 3.15. The molecule has 1 aromatic carbocycles. The smallest absolute Gasteiger partial charge is 0.257 e. The highest BCUT2D eigenvalue weighted by molar-refractivity contribution is 5.96. The molecule has 1 aromatic rings. The van der Waals surface area contributed by atoms with E-state index in [9.17, 15) is 15.0 Å². The van der Waals surface area contributed by atoms with Crippen molar-refractivity contribution in [3.63, 3.8) is 0 Å². The highest BCUT2D eigenvalue weighted by Gasteiger charge is 2.27. The fourth-order valence-corrected chi connectivity index (χ4v) is 4.13. The molecule has 0 radical (unpaired) electrons. The van der Waals surface area contributed by atoms with Gasteiger partial charge in [0.05, 0.1) is 5.57 Å². The lowest BCUT2D eigenvalue weighted by atomic mass is 10.1. The van der Waals surface area contributed by atoms with Crippen LogP contribution in [-0.4, -0.2) is 58.1 Å². The van der Waals surface area contributed by atoms with Crippen LogP contribution in [0, 0.1) is 5.92 Å². The molecule has 0 unspecified atom stereocenters. The zero-order valence-electron chi connectivity index (χ0n) is 19.1. The molecule has 1 amide bonds. The molecule has 168 valence electrons. The van der Waals surface area contributed by atoms with E-state index in [1.165, 1.54) is 11.8 Å². The van der Waals surface area contributed by atoms with Gasteiger partial charge in [0.25, 0.3) is 5.91 Å². The third-order valence-electron chi connectivity index (χ3n) is 5.97. The highest BCUT2D eigenvalue weighted by Crippen LogP contribution is 2.29. The van der Waals surface area contributed by atoms with Gasteiger partial charge < -0.3 is 20.0 Å². The Morgan fingerprint density at radius 2 is 1.68 bits per heavy atom. The maximum absolute atomic E-state index is 12.9. The first-order chi connectivity index (χ1) is 14.7. The second kappa shape index (κ2) is 9.60. The van der Waals surface area contributed by atoms with Gasteiger partial charge in [0.15, 0.2) is 0 Å². The van der Waals surface area contributed by atoms with Crippen molar-refractivity contribution in [1.29, 1.82) is 0 Å². The first-order valence-corrected chi connectivity index (χ1v) is 11.1. The number of carbonyl (C=O) groups is 1. The van der Waals surface area contributed by atoms with Gasteiger partial charge in [-0.25, -0.2) is 0 Å². The van der Waals surface area contributed by atoms with Crippen LogP contribution < -0.4 is 4.90 Å². The number of aliphatic hydroxyl groups is 2. The van der Waals surface area contributed by atoms with Crippen LogP contribution >= 0.6 is 0 Å². The first-order valence-electron chi connectivity index (χ1n) is 11.1. The number of hydrogen-bond acceptors (Lipinski definition) is 5.